The van der Waals surface area contributed by atoms with E-state index >= 15 is 0 Å². The molecule has 0 saturated heterocycles. The normalized spacial score (nSPS) is 13.4. The quantitative estimate of drug-likeness (QED) is 0.234. The molecule has 0 bridgehead atoms. The zero-order valence-electron chi connectivity index (χ0n) is 20.4. The maximum Gasteiger partial charge on any atom is 0.244 e. The smallest absolute Gasteiger partial charge is 0.0685 e. The molecule has 0 aromatic heterocycles. The van der Waals surface area contributed by atoms with Gasteiger partial charge >= 0.3 is 0 Å². The van der Waals surface area contributed by atoms with Crippen LogP contribution in [0, 0.1) is 6.92 Å². The van der Waals surface area contributed by atoms with Gasteiger partial charge in [0.1, 0.15) is 0 Å². The van der Waals surface area contributed by atoms with Crippen LogP contribution in [0.2, 0.25) is 0 Å². The largest absolute Gasteiger partial charge is 0.244 e. The summed E-state index contributed by atoms with van der Waals surface area (Å²) < 4.78 is 0. The molecule has 5 aromatic carbocycles. The summed E-state index contributed by atoms with van der Waals surface area (Å²) >= 11 is 0. The maximum absolute atomic E-state index is 2.31. The van der Waals surface area contributed by atoms with Crippen LogP contribution in [0.15, 0.2) is 146 Å². The Morgan fingerprint density at radius 1 is 0.361 bits per heavy atom. The highest BCUT2D eigenvalue weighted by Crippen LogP contribution is 2.50. The molecule has 170 valence electrons. The van der Waals surface area contributed by atoms with Crippen molar-refractivity contribution in [2.24, 2.45) is 0 Å². The van der Waals surface area contributed by atoms with Crippen LogP contribution in [-0.2, 0) is 0 Å². The van der Waals surface area contributed by atoms with Gasteiger partial charge in [0, 0.05) is 0 Å². The second kappa shape index (κ2) is 9.72. The van der Waals surface area contributed by atoms with Crippen molar-refractivity contribution in [3.05, 3.63) is 173 Å². The molecule has 6 rings (SSSR count). The lowest BCUT2D eigenvalue weighted by atomic mass is 9.35. The molecule has 0 fully saturated rings. The van der Waals surface area contributed by atoms with Crippen LogP contribution in [0.25, 0.3) is 22.1 Å². The van der Waals surface area contributed by atoms with Crippen LogP contribution >= 0.6 is 0 Å². The fourth-order valence-electron chi connectivity index (χ4n) is 5.46. The fraction of sp³-hybridized carbons (Fsp3) is 0.0286. The molecule has 0 nitrogen and oxygen atoms in total. The minimum atomic E-state index is 0.112. The van der Waals surface area contributed by atoms with Crippen molar-refractivity contribution in [1.29, 1.82) is 0 Å². The number of aryl methyl sites for hydroxylation is 1. The summed E-state index contributed by atoms with van der Waals surface area (Å²) in [7, 11) is 0. The van der Waals surface area contributed by atoms with Crippen molar-refractivity contribution < 1.29 is 0 Å². The van der Waals surface area contributed by atoms with Gasteiger partial charge in [0.05, 0.1) is 0 Å². The predicted octanol–water partition coefficient (Wildman–Crippen LogP) is 8.01. The van der Waals surface area contributed by atoms with Gasteiger partial charge in [-0.1, -0.05) is 168 Å². The summed E-state index contributed by atoms with van der Waals surface area (Å²) in [5, 5.41) is 0. The average Bonchev–Trinajstić information content (AvgIpc) is 3.31. The minimum Gasteiger partial charge on any atom is -0.0685 e. The highest BCUT2D eigenvalue weighted by atomic mass is 14.3. The van der Waals surface area contributed by atoms with Gasteiger partial charge < -0.3 is 0 Å². The van der Waals surface area contributed by atoms with Crippen molar-refractivity contribution in [2.45, 2.75) is 6.92 Å². The molecule has 0 atom stereocenters. The summed E-state index contributed by atoms with van der Waals surface area (Å²) in [6.45, 7) is 2.27. The molecule has 1 heterocycles. The summed E-state index contributed by atoms with van der Waals surface area (Å²) in [6, 6.07) is 52.7. The van der Waals surface area contributed by atoms with E-state index in [0.717, 1.165) is 0 Å². The van der Waals surface area contributed by atoms with Gasteiger partial charge in [-0.3, -0.25) is 0 Å². The monoisotopic (exact) mass is 458 g/mol. The first-order valence-corrected chi connectivity index (χ1v) is 12.6. The van der Waals surface area contributed by atoms with Gasteiger partial charge in [-0.05, 0) is 40.3 Å². The van der Waals surface area contributed by atoms with Crippen LogP contribution in [0.1, 0.15) is 27.8 Å². The lowest BCUT2D eigenvalue weighted by molar-refractivity contribution is 1.49. The van der Waals surface area contributed by atoms with Gasteiger partial charge in [0.2, 0.25) is 6.71 Å². The molecule has 0 N–H and O–H groups in total. The van der Waals surface area contributed by atoms with Crippen LogP contribution in [0.3, 0.4) is 0 Å². The van der Waals surface area contributed by atoms with Gasteiger partial charge in [0.15, 0.2) is 0 Å². The lowest BCUT2D eigenvalue weighted by Gasteiger charge is -2.19. The molecular formula is C35H27B. The van der Waals surface area contributed by atoms with E-state index in [1.165, 1.54) is 55.4 Å². The third-order valence-electron chi connectivity index (χ3n) is 7.07. The van der Waals surface area contributed by atoms with Gasteiger partial charge in [-0.15, -0.1) is 0 Å². The Balaban J connectivity index is 1.77. The molecule has 1 heteroatoms. The Morgan fingerprint density at radius 2 is 0.694 bits per heavy atom. The summed E-state index contributed by atoms with van der Waals surface area (Å²) in [6.07, 6.45) is 0. The Morgan fingerprint density at radius 3 is 1.06 bits per heavy atom. The van der Waals surface area contributed by atoms with E-state index in [1.54, 1.807) is 0 Å². The highest BCUT2D eigenvalue weighted by molar-refractivity contribution is 7.08. The first-order valence-electron chi connectivity index (χ1n) is 12.6. The summed E-state index contributed by atoms with van der Waals surface area (Å²) in [5.74, 6) is 0. The predicted molar refractivity (Wildman–Crippen MR) is 156 cm³/mol. The molecule has 0 amide bonds. The van der Waals surface area contributed by atoms with Crippen molar-refractivity contribution in [3.8, 4) is 0 Å². The molecule has 5 aromatic rings. The van der Waals surface area contributed by atoms with Gasteiger partial charge in [-0.2, -0.15) is 0 Å². The van der Waals surface area contributed by atoms with Gasteiger partial charge in [-0.25, -0.2) is 0 Å². The summed E-state index contributed by atoms with van der Waals surface area (Å²) in [5.41, 5.74) is 13.0. The molecule has 0 aliphatic carbocycles. The molecule has 0 radical (unpaired) electrons. The van der Waals surface area contributed by atoms with E-state index in [-0.39, 0.29) is 6.71 Å². The van der Waals surface area contributed by atoms with E-state index in [0.29, 0.717) is 0 Å². The molecular weight excluding hydrogens is 431 g/mol. The number of benzene rings is 5. The molecule has 0 spiro atoms. The number of allylic oxidation sites excluding steroid dienone is 2. The van der Waals surface area contributed by atoms with Gasteiger partial charge in [0.25, 0.3) is 0 Å². The molecule has 1 aliphatic heterocycles. The van der Waals surface area contributed by atoms with Crippen molar-refractivity contribution >= 4 is 34.3 Å². The van der Waals surface area contributed by atoms with E-state index < -0.39 is 0 Å². The first-order chi connectivity index (χ1) is 17.8. The summed E-state index contributed by atoms with van der Waals surface area (Å²) in [4.78, 5) is 0. The molecule has 36 heavy (non-hydrogen) atoms. The highest BCUT2D eigenvalue weighted by Gasteiger charge is 2.39. The Kier molecular flexibility index (Phi) is 5.97. The number of hydrogen-bond donors (Lipinski definition) is 0. The SMILES string of the molecule is Cc1ccc(B2C(c3ccccc3)=C(c3ccccc3)C(c3ccccc3)=C2c2ccccc2)cc1. The average molecular weight is 458 g/mol. The zero-order valence-corrected chi connectivity index (χ0v) is 20.4. The first kappa shape index (κ1) is 22.1. The van der Waals surface area contributed by atoms with E-state index in [9.17, 15) is 0 Å². The third kappa shape index (κ3) is 4.03. The van der Waals surface area contributed by atoms with Crippen molar-refractivity contribution in [2.75, 3.05) is 0 Å². The topological polar surface area (TPSA) is 0 Å². The Labute approximate surface area is 214 Å². The molecule has 0 unspecified atom stereocenters. The maximum atomic E-state index is 2.31. The Hall–Kier alpha value is -4.36. The molecule has 0 saturated carbocycles. The van der Waals surface area contributed by atoms with Crippen LogP contribution in [-0.4, -0.2) is 6.71 Å². The minimum absolute atomic E-state index is 0.112. The van der Waals surface area contributed by atoms with E-state index in [2.05, 4.69) is 153 Å². The van der Waals surface area contributed by atoms with Crippen LogP contribution in [0.4, 0.5) is 0 Å². The fourth-order valence-corrected chi connectivity index (χ4v) is 5.46. The standard InChI is InChI=1S/C35H27B/c1-26-22-24-31(25-23-26)36-34(29-18-10-4-11-19-29)32(27-14-6-2-7-15-27)33(28-16-8-3-9-17-28)35(36)30-20-12-5-13-21-30/h2-25H,1H3. The van der Waals surface area contributed by atoms with E-state index in [4.69, 9.17) is 0 Å². The number of rotatable bonds is 5. The second-order valence-electron chi connectivity index (χ2n) is 9.39. The second-order valence-corrected chi connectivity index (χ2v) is 9.39. The van der Waals surface area contributed by atoms with Crippen LogP contribution < -0.4 is 5.46 Å². The number of hydrogen-bond acceptors (Lipinski definition) is 0. The van der Waals surface area contributed by atoms with Crippen molar-refractivity contribution in [1.82, 2.24) is 0 Å². The Bertz CT molecular complexity index is 1430. The van der Waals surface area contributed by atoms with Crippen LogP contribution in [0.5, 0.6) is 0 Å². The van der Waals surface area contributed by atoms with Crippen molar-refractivity contribution in [3.63, 3.8) is 0 Å². The zero-order chi connectivity index (χ0) is 24.3. The lowest BCUT2D eigenvalue weighted by Crippen LogP contribution is -2.32. The third-order valence-corrected chi connectivity index (χ3v) is 7.07. The molecule has 1 aliphatic rings. The van der Waals surface area contributed by atoms with E-state index in [1.807, 2.05) is 0 Å².